The summed E-state index contributed by atoms with van der Waals surface area (Å²) in [4.78, 5) is 34.5. The number of nitrogens with zero attached hydrogens (tertiary/aromatic N) is 2. The smallest absolute Gasteiger partial charge is 0.185 e. The van der Waals surface area contributed by atoms with Crippen LogP contribution in [0.1, 0.15) is 80.3 Å². The van der Waals surface area contributed by atoms with Gasteiger partial charge in [-0.15, -0.1) is 0 Å². The SMILES string of the molecule is CC(C)NC(CCCN=C(N)N)C(=O)C(C)C.CCC.CNC(Cc1cnc[nH]1)C(=O)C(C)C. The second-order valence-corrected chi connectivity index (χ2v) is 9.27. The molecule has 2 unspecified atom stereocenters. The van der Waals surface area contributed by atoms with Crippen molar-refractivity contribution < 1.29 is 9.59 Å². The van der Waals surface area contributed by atoms with E-state index in [1.54, 1.807) is 19.6 Å². The van der Waals surface area contributed by atoms with Crippen molar-refractivity contribution in [1.29, 1.82) is 0 Å². The molecule has 9 heteroatoms. The summed E-state index contributed by atoms with van der Waals surface area (Å²) in [7, 11) is 1.81. The van der Waals surface area contributed by atoms with Gasteiger partial charge in [0.15, 0.2) is 17.5 Å². The van der Waals surface area contributed by atoms with Crippen LogP contribution in [0.2, 0.25) is 0 Å². The minimum Gasteiger partial charge on any atom is -0.370 e. The highest BCUT2D eigenvalue weighted by Crippen LogP contribution is 2.07. The molecule has 0 aliphatic rings. The molecule has 0 saturated carbocycles. The lowest BCUT2D eigenvalue weighted by atomic mass is 9.97. The number of rotatable bonds is 13. The molecule has 34 heavy (non-hydrogen) atoms. The van der Waals surface area contributed by atoms with Crippen LogP contribution < -0.4 is 22.1 Å². The Kier molecular flexibility index (Phi) is 20.1. The molecular weight excluding hydrogens is 430 g/mol. The fourth-order valence-corrected chi connectivity index (χ4v) is 2.98. The molecule has 198 valence electrons. The van der Waals surface area contributed by atoms with Crippen LogP contribution in [0, 0.1) is 11.8 Å². The van der Waals surface area contributed by atoms with Crippen LogP contribution >= 0.6 is 0 Å². The monoisotopic (exact) mass is 481 g/mol. The van der Waals surface area contributed by atoms with E-state index in [1.807, 2.05) is 41.5 Å². The minimum absolute atomic E-state index is 0.0503. The first kappa shape index (κ1) is 33.9. The Morgan fingerprint density at radius 1 is 1.03 bits per heavy atom. The van der Waals surface area contributed by atoms with Crippen molar-refractivity contribution in [2.45, 2.75) is 99.2 Å². The summed E-state index contributed by atoms with van der Waals surface area (Å²) in [5.74, 6) is 0.712. The maximum Gasteiger partial charge on any atom is 0.185 e. The van der Waals surface area contributed by atoms with Crippen LogP contribution in [0.5, 0.6) is 0 Å². The number of guanidine groups is 1. The van der Waals surface area contributed by atoms with Crippen molar-refractivity contribution in [3.8, 4) is 0 Å². The third-order valence-electron chi connectivity index (χ3n) is 4.63. The number of hydrogen-bond acceptors (Lipinski definition) is 6. The molecule has 9 nitrogen and oxygen atoms in total. The summed E-state index contributed by atoms with van der Waals surface area (Å²) in [5.41, 5.74) is 11.5. The summed E-state index contributed by atoms with van der Waals surface area (Å²) < 4.78 is 0. The Morgan fingerprint density at radius 2 is 1.56 bits per heavy atom. The molecule has 0 aromatic carbocycles. The van der Waals surface area contributed by atoms with E-state index in [-0.39, 0.29) is 41.4 Å². The van der Waals surface area contributed by atoms with E-state index in [0.29, 0.717) is 19.0 Å². The van der Waals surface area contributed by atoms with E-state index in [2.05, 4.69) is 39.4 Å². The number of aliphatic imine (C=N–C) groups is 1. The molecule has 1 aromatic rings. The minimum atomic E-state index is -0.115. The van der Waals surface area contributed by atoms with Gasteiger partial charge in [-0.25, -0.2) is 4.98 Å². The second kappa shape index (κ2) is 20.1. The highest BCUT2D eigenvalue weighted by molar-refractivity contribution is 5.86. The number of nitrogens with two attached hydrogens (primary N) is 2. The normalized spacial score (nSPS) is 12.4. The number of aromatic nitrogens is 2. The molecule has 0 amide bonds. The van der Waals surface area contributed by atoms with E-state index in [0.717, 1.165) is 18.5 Å². The predicted molar refractivity (Wildman–Crippen MR) is 143 cm³/mol. The van der Waals surface area contributed by atoms with Crippen LogP contribution in [-0.4, -0.2) is 59.2 Å². The number of hydrogen-bond donors (Lipinski definition) is 5. The topological polar surface area (TPSA) is 151 Å². The van der Waals surface area contributed by atoms with E-state index < -0.39 is 0 Å². The number of ketones is 2. The van der Waals surface area contributed by atoms with E-state index >= 15 is 0 Å². The van der Waals surface area contributed by atoms with Gasteiger partial charge in [0.05, 0.1) is 18.4 Å². The van der Waals surface area contributed by atoms with Crippen LogP contribution in [0.3, 0.4) is 0 Å². The lowest BCUT2D eigenvalue weighted by Gasteiger charge is -2.21. The summed E-state index contributed by atoms with van der Waals surface area (Å²) in [5, 5.41) is 6.31. The highest BCUT2D eigenvalue weighted by Gasteiger charge is 2.21. The van der Waals surface area contributed by atoms with Crippen molar-refractivity contribution in [1.82, 2.24) is 20.6 Å². The number of carbonyl (C=O) groups is 2. The lowest BCUT2D eigenvalue weighted by Crippen LogP contribution is -2.42. The largest absolute Gasteiger partial charge is 0.370 e. The van der Waals surface area contributed by atoms with Gasteiger partial charge in [0.1, 0.15) is 0 Å². The molecule has 0 spiro atoms. The van der Waals surface area contributed by atoms with E-state index in [4.69, 9.17) is 11.5 Å². The highest BCUT2D eigenvalue weighted by atomic mass is 16.1. The van der Waals surface area contributed by atoms with Crippen LogP contribution in [0.15, 0.2) is 17.5 Å². The van der Waals surface area contributed by atoms with Crippen LogP contribution in [0.4, 0.5) is 0 Å². The summed E-state index contributed by atoms with van der Waals surface area (Å²) in [6.07, 6.45) is 6.88. The van der Waals surface area contributed by atoms with Gasteiger partial charge >= 0.3 is 0 Å². The van der Waals surface area contributed by atoms with Gasteiger partial charge in [-0.3, -0.25) is 14.6 Å². The molecule has 0 radical (unpaired) electrons. The van der Waals surface area contributed by atoms with Crippen molar-refractivity contribution in [2.75, 3.05) is 13.6 Å². The maximum atomic E-state index is 12.0. The zero-order valence-electron chi connectivity index (χ0n) is 22.9. The van der Waals surface area contributed by atoms with Crippen molar-refractivity contribution in [2.24, 2.45) is 28.3 Å². The average Bonchev–Trinajstić information content (AvgIpc) is 3.26. The number of Topliss-reactive ketones (excluding diaryl/α,β-unsaturated/α-hetero) is 2. The Bertz CT molecular complexity index is 667. The van der Waals surface area contributed by atoms with Gasteiger partial charge in [-0.2, -0.15) is 0 Å². The zero-order valence-corrected chi connectivity index (χ0v) is 22.9. The van der Waals surface area contributed by atoms with Gasteiger partial charge in [0.25, 0.3) is 0 Å². The molecule has 7 N–H and O–H groups in total. The maximum absolute atomic E-state index is 12.0. The Balaban J connectivity index is 0. The first-order chi connectivity index (χ1) is 15.9. The van der Waals surface area contributed by atoms with E-state index in [9.17, 15) is 9.59 Å². The lowest BCUT2D eigenvalue weighted by molar-refractivity contribution is -0.124. The molecule has 1 aromatic heterocycles. The molecule has 1 rings (SSSR count). The van der Waals surface area contributed by atoms with Crippen LogP contribution in [-0.2, 0) is 16.0 Å². The summed E-state index contributed by atoms with van der Waals surface area (Å²) in [6.45, 7) is 16.6. The third kappa shape index (κ3) is 17.2. The first-order valence-corrected chi connectivity index (χ1v) is 12.4. The van der Waals surface area contributed by atoms with Crippen molar-refractivity contribution in [3.05, 3.63) is 18.2 Å². The van der Waals surface area contributed by atoms with Crippen LogP contribution in [0.25, 0.3) is 0 Å². The Morgan fingerprint density at radius 3 is 1.94 bits per heavy atom. The number of H-pyrrole nitrogens is 1. The number of likely N-dealkylation sites (N-methyl/N-ethyl adjacent to an activating group) is 1. The molecule has 1 heterocycles. The molecule has 0 fully saturated rings. The quantitative estimate of drug-likeness (QED) is 0.165. The van der Waals surface area contributed by atoms with Crippen molar-refractivity contribution >= 4 is 17.5 Å². The molecular formula is C25H51N7O2. The fourth-order valence-electron chi connectivity index (χ4n) is 2.98. The summed E-state index contributed by atoms with van der Waals surface area (Å²) >= 11 is 0. The second-order valence-electron chi connectivity index (χ2n) is 9.27. The molecule has 0 aliphatic carbocycles. The van der Waals surface area contributed by atoms with Gasteiger partial charge < -0.3 is 27.1 Å². The third-order valence-corrected chi connectivity index (χ3v) is 4.63. The van der Waals surface area contributed by atoms with Gasteiger partial charge in [-0.05, 0) is 19.9 Å². The number of carbonyl (C=O) groups excluding carboxylic acids is 2. The predicted octanol–water partition coefficient (Wildman–Crippen LogP) is 2.81. The number of aromatic amines is 1. The van der Waals surface area contributed by atoms with Gasteiger partial charge in [0, 0.05) is 42.7 Å². The Labute approximate surface area is 207 Å². The first-order valence-electron chi connectivity index (χ1n) is 12.4. The molecule has 0 aliphatic heterocycles. The zero-order chi connectivity index (χ0) is 26.7. The number of imidazole rings is 1. The number of nitrogens with one attached hydrogen (secondary N) is 3. The average molecular weight is 482 g/mol. The molecule has 2 atom stereocenters. The standard InChI is InChI=1S/C12H26N4O.C10H17N3O.C3H8/c1-8(2)11(17)10(16-9(3)4)6-5-7-15-12(13)14;1-7(2)10(14)9(11-3)4-8-5-12-6-13-8;1-3-2/h8-10,16H,5-7H2,1-4H3,(H4,13,14,15);5-7,9,11H,4H2,1-3H3,(H,12,13);3H2,1-2H3. The molecule has 0 bridgehead atoms. The van der Waals surface area contributed by atoms with Gasteiger partial charge in [-0.1, -0.05) is 61.8 Å². The molecule has 0 saturated heterocycles. The van der Waals surface area contributed by atoms with Crippen molar-refractivity contribution in [3.63, 3.8) is 0 Å². The Hall–Kier alpha value is -2.26. The fraction of sp³-hybridized carbons (Fsp3) is 0.760. The van der Waals surface area contributed by atoms with E-state index in [1.165, 1.54) is 6.42 Å². The van der Waals surface area contributed by atoms with Gasteiger partial charge in [0.2, 0.25) is 0 Å². The summed E-state index contributed by atoms with van der Waals surface area (Å²) in [6, 6.07) is 0.0884.